The molecule has 4 heteroatoms. The van der Waals surface area contributed by atoms with Crippen LogP contribution in [0, 0.1) is 0 Å². The highest BCUT2D eigenvalue weighted by Crippen LogP contribution is 2.19. The Bertz CT molecular complexity index is 596. The monoisotopic (exact) mass is 266 g/mol. The molecule has 2 rings (SSSR count). The number of hydrogen-bond acceptors (Lipinski definition) is 4. The Morgan fingerprint density at radius 3 is 1.20 bits per heavy atom. The summed E-state index contributed by atoms with van der Waals surface area (Å²) in [6.07, 6.45) is 0. The molecule has 4 nitrogen and oxygen atoms in total. The summed E-state index contributed by atoms with van der Waals surface area (Å²) in [6, 6.07) is 13.8. The van der Waals surface area contributed by atoms with E-state index in [0.717, 1.165) is 0 Å². The summed E-state index contributed by atoms with van der Waals surface area (Å²) < 4.78 is 0. The van der Waals surface area contributed by atoms with E-state index in [4.69, 9.17) is 0 Å². The van der Waals surface area contributed by atoms with Crippen molar-refractivity contribution in [3.05, 3.63) is 59.7 Å². The van der Waals surface area contributed by atoms with E-state index in [9.17, 15) is 9.59 Å². The normalized spacial score (nSPS) is 10.7. The Morgan fingerprint density at radius 2 is 0.950 bits per heavy atom. The lowest BCUT2D eigenvalue weighted by Crippen LogP contribution is -1.89. The first-order valence-corrected chi connectivity index (χ1v) is 6.20. The van der Waals surface area contributed by atoms with Crippen molar-refractivity contribution in [3.63, 3.8) is 0 Å². The Morgan fingerprint density at radius 1 is 0.650 bits per heavy atom. The van der Waals surface area contributed by atoms with Crippen molar-refractivity contribution >= 4 is 22.9 Å². The molecule has 0 saturated carbocycles. The fourth-order valence-electron chi connectivity index (χ4n) is 1.64. The van der Waals surface area contributed by atoms with Crippen molar-refractivity contribution in [2.45, 2.75) is 13.8 Å². The van der Waals surface area contributed by atoms with Crippen LogP contribution in [-0.4, -0.2) is 11.6 Å². The van der Waals surface area contributed by atoms with Crippen LogP contribution in [0.5, 0.6) is 0 Å². The van der Waals surface area contributed by atoms with Gasteiger partial charge in [-0.3, -0.25) is 9.59 Å². The van der Waals surface area contributed by atoms with Crippen LogP contribution in [0.3, 0.4) is 0 Å². The smallest absolute Gasteiger partial charge is 0.159 e. The minimum atomic E-state index is 0.0216. The highest BCUT2D eigenvalue weighted by molar-refractivity contribution is 5.94. The number of ketones is 2. The first-order chi connectivity index (χ1) is 9.56. The Kier molecular flexibility index (Phi) is 4.15. The van der Waals surface area contributed by atoms with E-state index in [0.29, 0.717) is 22.5 Å². The van der Waals surface area contributed by atoms with E-state index < -0.39 is 0 Å². The lowest BCUT2D eigenvalue weighted by atomic mass is 10.1. The Labute approximate surface area is 117 Å². The second kappa shape index (κ2) is 6.02. The third-order valence-corrected chi connectivity index (χ3v) is 2.83. The van der Waals surface area contributed by atoms with Crippen LogP contribution in [0.25, 0.3) is 0 Å². The molecular weight excluding hydrogens is 252 g/mol. The second-order valence-electron chi connectivity index (χ2n) is 4.41. The quantitative estimate of drug-likeness (QED) is 0.604. The molecule has 0 fully saturated rings. The molecule has 0 unspecified atom stereocenters. The Hall–Kier alpha value is -2.62. The molecule has 0 saturated heterocycles. The van der Waals surface area contributed by atoms with Crippen molar-refractivity contribution in [3.8, 4) is 0 Å². The van der Waals surface area contributed by atoms with E-state index in [2.05, 4.69) is 10.2 Å². The first-order valence-electron chi connectivity index (χ1n) is 6.20. The number of carbonyl (C=O) groups excluding carboxylic acids is 2. The summed E-state index contributed by atoms with van der Waals surface area (Å²) in [4.78, 5) is 22.3. The van der Waals surface area contributed by atoms with Crippen molar-refractivity contribution in [1.82, 2.24) is 0 Å². The maximum atomic E-state index is 11.1. The lowest BCUT2D eigenvalue weighted by molar-refractivity contribution is 0.100. The van der Waals surface area contributed by atoms with E-state index in [1.807, 2.05) is 0 Å². The molecule has 0 bridgehead atoms. The predicted molar refractivity (Wildman–Crippen MR) is 77.1 cm³/mol. The highest BCUT2D eigenvalue weighted by atomic mass is 16.1. The molecule has 0 spiro atoms. The average Bonchev–Trinajstić information content (AvgIpc) is 2.46. The topological polar surface area (TPSA) is 58.9 Å². The van der Waals surface area contributed by atoms with Crippen molar-refractivity contribution in [1.29, 1.82) is 0 Å². The van der Waals surface area contributed by atoms with E-state index in [1.54, 1.807) is 48.5 Å². The van der Waals surface area contributed by atoms with Crippen molar-refractivity contribution in [2.75, 3.05) is 0 Å². The number of rotatable bonds is 4. The zero-order valence-corrected chi connectivity index (χ0v) is 11.3. The highest BCUT2D eigenvalue weighted by Gasteiger charge is 1.99. The van der Waals surface area contributed by atoms with Crippen LogP contribution in [0.4, 0.5) is 11.4 Å². The molecule has 0 amide bonds. The van der Waals surface area contributed by atoms with Crippen LogP contribution in [0.2, 0.25) is 0 Å². The molecular formula is C16H14N2O2. The molecule has 20 heavy (non-hydrogen) atoms. The lowest BCUT2D eigenvalue weighted by Gasteiger charge is -1.97. The summed E-state index contributed by atoms with van der Waals surface area (Å²) in [5.41, 5.74) is 2.64. The van der Waals surface area contributed by atoms with Gasteiger partial charge < -0.3 is 0 Å². The summed E-state index contributed by atoms with van der Waals surface area (Å²) in [5, 5.41) is 8.16. The molecule has 2 aromatic rings. The van der Waals surface area contributed by atoms with Gasteiger partial charge in [0, 0.05) is 11.1 Å². The van der Waals surface area contributed by atoms with Crippen LogP contribution >= 0.6 is 0 Å². The SMILES string of the molecule is CC(=O)c1ccc(/N=N/c2ccc(C(C)=O)cc2)cc1. The Balaban J connectivity index is 2.12. The van der Waals surface area contributed by atoms with Gasteiger partial charge in [0.1, 0.15) is 0 Å². The van der Waals surface area contributed by atoms with Crippen molar-refractivity contribution in [2.24, 2.45) is 10.2 Å². The third kappa shape index (κ3) is 3.45. The third-order valence-electron chi connectivity index (χ3n) is 2.83. The molecule has 2 aromatic carbocycles. The number of hydrogen-bond donors (Lipinski definition) is 0. The zero-order valence-electron chi connectivity index (χ0n) is 11.3. The van der Waals surface area contributed by atoms with Crippen molar-refractivity contribution < 1.29 is 9.59 Å². The van der Waals surface area contributed by atoms with Gasteiger partial charge in [-0.1, -0.05) is 0 Å². The average molecular weight is 266 g/mol. The van der Waals surface area contributed by atoms with Gasteiger partial charge in [-0.05, 0) is 62.4 Å². The number of carbonyl (C=O) groups is 2. The molecule has 0 aliphatic heterocycles. The molecule has 0 aliphatic rings. The van der Waals surface area contributed by atoms with Gasteiger partial charge in [-0.15, -0.1) is 0 Å². The minimum absolute atomic E-state index is 0.0216. The fourth-order valence-corrected chi connectivity index (χ4v) is 1.64. The molecule has 0 aromatic heterocycles. The number of azo groups is 1. The largest absolute Gasteiger partial charge is 0.295 e. The van der Waals surface area contributed by atoms with Gasteiger partial charge in [-0.2, -0.15) is 10.2 Å². The van der Waals surface area contributed by atoms with Gasteiger partial charge in [0.2, 0.25) is 0 Å². The van der Waals surface area contributed by atoms with E-state index in [1.165, 1.54) is 13.8 Å². The standard InChI is InChI=1S/C16H14N2O2/c1-11(19)13-3-7-15(8-4-13)17-18-16-9-5-14(6-10-16)12(2)20/h3-10H,1-2H3/b18-17+. The summed E-state index contributed by atoms with van der Waals surface area (Å²) in [5.74, 6) is 0.0432. The molecule has 0 heterocycles. The van der Waals surface area contributed by atoms with Gasteiger partial charge in [0.15, 0.2) is 11.6 Å². The van der Waals surface area contributed by atoms with Crippen LogP contribution in [-0.2, 0) is 0 Å². The maximum absolute atomic E-state index is 11.1. The first kappa shape index (κ1) is 13.8. The van der Waals surface area contributed by atoms with E-state index in [-0.39, 0.29) is 11.6 Å². The summed E-state index contributed by atoms with van der Waals surface area (Å²) in [6.45, 7) is 3.04. The molecule has 100 valence electrons. The molecule has 0 radical (unpaired) electrons. The molecule has 0 N–H and O–H groups in total. The van der Waals surface area contributed by atoms with Gasteiger partial charge in [0.05, 0.1) is 11.4 Å². The van der Waals surface area contributed by atoms with Crippen LogP contribution in [0.15, 0.2) is 58.8 Å². The summed E-state index contributed by atoms with van der Waals surface area (Å²) >= 11 is 0. The number of Topliss-reactive ketones (excluding diaryl/α,β-unsaturated/α-hetero) is 2. The number of benzene rings is 2. The number of nitrogens with zero attached hydrogens (tertiary/aromatic N) is 2. The minimum Gasteiger partial charge on any atom is -0.295 e. The van der Waals surface area contributed by atoms with Crippen LogP contribution in [0.1, 0.15) is 34.6 Å². The van der Waals surface area contributed by atoms with Gasteiger partial charge >= 0.3 is 0 Å². The maximum Gasteiger partial charge on any atom is 0.159 e. The van der Waals surface area contributed by atoms with Crippen LogP contribution < -0.4 is 0 Å². The second-order valence-corrected chi connectivity index (χ2v) is 4.41. The van der Waals surface area contributed by atoms with E-state index >= 15 is 0 Å². The van der Waals surface area contributed by atoms with Gasteiger partial charge in [0.25, 0.3) is 0 Å². The zero-order chi connectivity index (χ0) is 14.5. The fraction of sp³-hybridized carbons (Fsp3) is 0.125. The molecule has 0 aliphatic carbocycles. The summed E-state index contributed by atoms with van der Waals surface area (Å²) in [7, 11) is 0. The van der Waals surface area contributed by atoms with Gasteiger partial charge in [-0.25, -0.2) is 0 Å². The predicted octanol–water partition coefficient (Wildman–Crippen LogP) is 4.51. The molecule has 0 atom stereocenters.